The van der Waals surface area contributed by atoms with E-state index in [0.29, 0.717) is 0 Å². The van der Waals surface area contributed by atoms with Crippen molar-refractivity contribution in [3.8, 4) is 0 Å². The van der Waals surface area contributed by atoms with Crippen LogP contribution >= 0.6 is 0 Å². The van der Waals surface area contributed by atoms with Crippen LogP contribution in [0, 0.1) is 0 Å². The lowest BCUT2D eigenvalue weighted by Gasteiger charge is -2.08. The Kier molecular flexibility index (Phi) is 15.6. The maximum Gasteiger partial charge on any atom is 0.328 e. The molecule has 0 aliphatic heterocycles. The molecule has 0 heterocycles. The van der Waals surface area contributed by atoms with Crippen LogP contribution < -0.4 is 0 Å². The van der Waals surface area contributed by atoms with Crippen LogP contribution in [0.2, 0.25) is 0 Å². The SMILES string of the molecule is CCCCCCCC[C@@H](O)CCC=CC=CC=CC=CC(=O)O. The van der Waals surface area contributed by atoms with Crippen molar-refractivity contribution >= 4 is 5.97 Å². The number of carboxylic acids is 1. The Morgan fingerprint density at radius 2 is 1.48 bits per heavy atom. The zero-order valence-corrected chi connectivity index (χ0v) is 14.4. The van der Waals surface area contributed by atoms with Crippen molar-refractivity contribution in [1.82, 2.24) is 0 Å². The number of aliphatic hydroxyl groups excluding tert-OH is 1. The largest absolute Gasteiger partial charge is 0.478 e. The molecule has 0 radical (unpaired) electrons. The minimum atomic E-state index is -0.946. The quantitative estimate of drug-likeness (QED) is 0.263. The zero-order chi connectivity index (χ0) is 17.2. The Hall–Kier alpha value is -1.61. The summed E-state index contributed by atoms with van der Waals surface area (Å²) >= 11 is 0. The molecule has 0 rings (SSSR count). The van der Waals surface area contributed by atoms with Gasteiger partial charge in [0.2, 0.25) is 0 Å². The van der Waals surface area contributed by atoms with Gasteiger partial charge in [-0.1, -0.05) is 88.0 Å². The van der Waals surface area contributed by atoms with Crippen LogP contribution in [0.25, 0.3) is 0 Å². The molecule has 0 aliphatic carbocycles. The predicted octanol–water partition coefficient (Wildman–Crippen LogP) is 5.19. The van der Waals surface area contributed by atoms with E-state index in [0.717, 1.165) is 31.8 Å². The highest BCUT2D eigenvalue weighted by molar-refractivity contribution is 5.80. The summed E-state index contributed by atoms with van der Waals surface area (Å²) in [4.78, 5) is 10.2. The van der Waals surface area contributed by atoms with Crippen molar-refractivity contribution in [3.05, 3.63) is 48.6 Å². The maximum absolute atomic E-state index is 10.2. The lowest BCUT2D eigenvalue weighted by Crippen LogP contribution is -2.05. The van der Waals surface area contributed by atoms with Gasteiger partial charge in [0, 0.05) is 6.08 Å². The smallest absolute Gasteiger partial charge is 0.328 e. The van der Waals surface area contributed by atoms with Crippen molar-refractivity contribution in [3.63, 3.8) is 0 Å². The second-order valence-electron chi connectivity index (χ2n) is 5.68. The number of rotatable bonds is 14. The van der Waals surface area contributed by atoms with Gasteiger partial charge in [-0.3, -0.25) is 0 Å². The summed E-state index contributed by atoms with van der Waals surface area (Å²) in [5, 5.41) is 18.3. The molecule has 3 nitrogen and oxygen atoms in total. The van der Waals surface area contributed by atoms with E-state index in [-0.39, 0.29) is 6.10 Å². The fourth-order valence-corrected chi connectivity index (χ4v) is 2.16. The number of carboxylic acid groups (broad SMARTS) is 1. The molecule has 0 aliphatic rings. The molecular formula is C20H32O3. The molecule has 0 spiro atoms. The van der Waals surface area contributed by atoms with Gasteiger partial charge in [-0.2, -0.15) is 0 Å². The average Bonchev–Trinajstić information content (AvgIpc) is 2.52. The summed E-state index contributed by atoms with van der Waals surface area (Å²) in [5.41, 5.74) is 0. The molecule has 1 atom stereocenters. The summed E-state index contributed by atoms with van der Waals surface area (Å²) in [6, 6.07) is 0. The van der Waals surface area contributed by atoms with E-state index >= 15 is 0 Å². The molecule has 0 saturated heterocycles. The lowest BCUT2D eigenvalue weighted by atomic mass is 10.0. The fraction of sp³-hybridized carbons (Fsp3) is 0.550. The Bertz CT molecular complexity index is 392. The van der Waals surface area contributed by atoms with Gasteiger partial charge in [0.1, 0.15) is 0 Å². The van der Waals surface area contributed by atoms with Crippen LogP contribution in [0.5, 0.6) is 0 Å². The van der Waals surface area contributed by atoms with Crippen LogP contribution in [-0.2, 0) is 4.79 Å². The molecule has 0 fully saturated rings. The predicted molar refractivity (Wildman–Crippen MR) is 97.4 cm³/mol. The standard InChI is InChI=1S/C20H32O3/c1-2-3-4-5-10-13-16-19(21)17-14-11-8-6-7-9-12-15-18-20(22)23/h6-9,11-12,15,18-19,21H,2-5,10,13-14,16-17H2,1H3,(H,22,23)/t19-/m1/s1. The van der Waals surface area contributed by atoms with Crippen molar-refractivity contribution in [2.75, 3.05) is 0 Å². The van der Waals surface area contributed by atoms with Gasteiger partial charge in [0.25, 0.3) is 0 Å². The van der Waals surface area contributed by atoms with E-state index in [1.165, 1.54) is 38.2 Å². The van der Waals surface area contributed by atoms with Gasteiger partial charge in [0.05, 0.1) is 6.10 Å². The third kappa shape index (κ3) is 18.3. The topological polar surface area (TPSA) is 57.5 Å². The normalized spacial score (nSPS) is 13.8. The maximum atomic E-state index is 10.2. The number of aliphatic carboxylic acids is 1. The molecule has 0 unspecified atom stereocenters. The van der Waals surface area contributed by atoms with Crippen molar-refractivity contribution in [1.29, 1.82) is 0 Å². The minimum absolute atomic E-state index is 0.184. The van der Waals surface area contributed by atoms with E-state index in [9.17, 15) is 9.90 Å². The number of unbranched alkanes of at least 4 members (excludes halogenated alkanes) is 5. The molecule has 23 heavy (non-hydrogen) atoms. The Labute approximate surface area is 141 Å². The molecule has 0 aromatic heterocycles. The number of allylic oxidation sites excluding steroid dienone is 7. The first-order valence-corrected chi connectivity index (χ1v) is 8.74. The van der Waals surface area contributed by atoms with Crippen LogP contribution in [0.15, 0.2) is 48.6 Å². The van der Waals surface area contributed by atoms with Crippen LogP contribution in [0.1, 0.15) is 64.7 Å². The summed E-state index contributed by atoms with van der Waals surface area (Å²) in [5.74, 6) is -0.946. The highest BCUT2D eigenvalue weighted by Gasteiger charge is 2.01. The Morgan fingerprint density at radius 1 is 0.870 bits per heavy atom. The molecule has 0 saturated carbocycles. The second kappa shape index (κ2) is 16.8. The van der Waals surface area contributed by atoms with Gasteiger partial charge in [-0.05, 0) is 19.3 Å². The monoisotopic (exact) mass is 320 g/mol. The van der Waals surface area contributed by atoms with Gasteiger partial charge >= 0.3 is 5.97 Å². The van der Waals surface area contributed by atoms with Crippen LogP contribution in [-0.4, -0.2) is 22.3 Å². The third-order valence-electron chi connectivity index (χ3n) is 3.49. The summed E-state index contributed by atoms with van der Waals surface area (Å²) in [6.45, 7) is 2.22. The number of hydrogen-bond acceptors (Lipinski definition) is 2. The van der Waals surface area contributed by atoms with Gasteiger partial charge in [-0.25, -0.2) is 4.79 Å². The van der Waals surface area contributed by atoms with E-state index in [4.69, 9.17) is 5.11 Å². The number of aliphatic hydroxyl groups is 1. The molecular weight excluding hydrogens is 288 g/mol. The minimum Gasteiger partial charge on any atom is -0.478 e. The van der Waals surface area contributed by atoms with E-state index in [1.807, 2.05) is 24.3 Å². The first-order chi connectivity index (χ1) is 11.2. The van der Waals surface area contributed by atoms with Gasteiger partial charge in [0.15, 0.2) is 0 Å². The van der Waals surface area contributed by atoms with Crippen LogP contribution in [0.4, 0.5) is 0 Å². The zero-order valence-electron chi connectivity index (χ0n) is 14.4. The Morgan fingerprint density at radius 3 is 2.17 bits per heavy atom. The van der Waals surface area contributed by atoms with Crippen LogP contribution in [0.3, 0.4) is 0 Å². The van der Waals surface area contributed by atoms with Crippen molar-refractivity contribution in [2.45, 2.75) is 70.8 Å². The number of carbonyl (C=O) groups is 1. The molecule has 130 valence electrons. The van der Waals surface area contributed by atoms with E-state index in [2.05, 4.69) is 6.92 Å². The third-order valence-corrected chi connectivity index (χ3v) is 3.49. The van der Waals surface area contributed by atoms with Gasteiger partial charge in [-0.15, -0.1) is 0 Å². The lowest BCUT2D eigenvalue weighted by molar-refractivity contribution is -0.131. The number of hydrogen-bond donors (Lipinski definition) is 2. The van der Waals surface area contributed by atoms with Crippen molar-refractivity contribution < 1.29 is 15.0 Å². The fourth-order valence-electron chi connectivity index (χ4n) is 2.16. The molecule has 0 bridgehead atoms. The molecule has 2 N–H and O–H groups in total. The summed E-state index contributed by atoms with van der Waals surface area (Å²) < 4.78 is 0. The molecule has 0 aromatic carbocycles. The van der Waals surface area contributed by atoms with Gasteiger partial charge < -0.3 is 10.2 Å². The first-order valence-electron chi connectivity index (χ1n) is 8.74. The second-order valence-corrected chi connectivity index (χ2v) is 5.68. The molecule has 0 amide bonds. The molecule has 3 heteroatoms. The van der Waals surface area contributed by atoms with E-state index in [1.54, 1.807) is 12.2 Å². The molecule has 0 aromatic rings. The highest BCUT2D eigenvalue weighted by atomic mass is 16.4. The Balaban J connectivity index is 3.55. The van der Waals surface area contributed by atoms with E-state index < -0.39 is 5.97 Å². The average molecular weight is 320 g/mol. The first kappa shape index (κ1) is 21.4. The van der Waals surface area contributed by atoms with Crippen molar-refractivity contribution in [2.24, 2.45) is 0 Å². The highest BCUT2D eigenvalue weighted by Crippen LogP contribution is 2.11. The summed E-state index contributed by atoms with van der Waals surface area (Å²) in [6.07, 6.45) is 23.7. The summed E-state index contributed by atoms with van der Waals surface area (Å²) in [7, 11) is 0.